The first-order valence-electron chi connectivity index (χ1n) is 13.3. The number of nitrogens with one attached hydrogen (secondary N) is 1. The highest BCUT2D eigenvalue weighted by Gasteiger charge is 2.52. The minimum absolute atomic E-state index is 0.0129. The Morgan fingerprint density at radius 1 is 1.30 bits per heavy atom. The first-order valence-corrected chi connectivity index (χ1v) is 15.6. The van der Waals surface area contributed by atoms with Crippen LogP contribution in [-0.2, 0) is 27.9 Å². The fraction of sp³-hybridized carbons (Fsp3) is 0.556. The van der Waals surface area contributed by atoms with E-state index in [1.54, 1.807) is 16.6 Å². The number of likely N-dealkylation sites (tertiary alicyclic amines) is 1. The fourth-order valence-corrected chi connectivity index (χ4v) is 7.89. The number of nitrogens with zero attached hydrogens (tertiary/aromatic N) is 5. The number of nitrogens with two attached hydrogens (primary N) is 1. The summed E-state index contributed by atoms with van der Waals surface area (Å²) in [5.74, 6) is 2.94. The van der Waals surface area contributed by atoms with Gasteiger partial charge in [0.1, 0.15) is 16.3 Å². The largest absolute Gasteiger partial charge is 0.598 e. The number of guanidine groups is 1. The maximum absolute atomic E-state index is 12.9. The molecule has 1 aromatic carbocycles. The van der Waals surface area contributed by atoms with Crippen LogP contribution in [0.5, 0.6) is 0 Å². The molecule has 0 radical (unpaired) electrons. The molecule has 3 aliphatic rings. The van der Waals surface area contributed by atoms with Gasteiger partial charge in [-0.2, -0.15) is 10.1 Å². The summed E-state index contributed by atoms with van der Waals surface area (Å²) in [5, 5.41) is 5.77. The van der Waals surface area contributed by atoms with Gasteiger partial charge in [0.05, 0.1) is 34.2 Å². The van der Waals surface area contributed by atoms with E-state index >= 15 is 0 Å². The zero-order chi connectivity index (χ0) is 29.0. The van der Waals surface area contributed by atoms with Crippen LogP contribution in [0.3, 0.4) is 0 Å². The molecule has 4 heterocycles. The smallest absolute Gasteiger partial charge is 0.208 e. The maximum atomic E-state index is 12.9. The molecule has 0 amide bonds. The zero-order valence-corrected chi connectivity index (χ0v) is 26.0. The van der Waals surface area contributed by atoms with Crippen LogP contribution in [0.1, 0.15) is 40.5 Å². The minimum atomic E-state index is -1.20. The van der Waals surface area contributed by atoms with E-state index in [1.165, 1.54) is 11.8 Å². The van der Waals surface area contributed by atoms with Crippen LogP contribution >= 0.6 is 23.4 Å². The second-order valence-electron chi connectivity index (χ2n) is 11.7. The van der Waals surface area contributed by atoms with E-state index in [2.05, 4.69) is 20.7 Å². The van der Waals surface area contributed by atoms with Gasteiger partial charge < -0.3 is 24.8 Å². The van der Waals surface area contributed by atoms with E-state index in [-0.39, 0.29) is 28.1 Å². The third kappa shape index (κ3) is 5.27. The van der Waals surface area contributed by atoms with Gasteiger partial charge in [-0.3, -0.25) is 4.68 Å². The Balaban J connectivity index is 1.36. The summed E-state index contributed by atoms with van der Waals surface area (Å²) < 4.78 is 23.7. The first kappa shape index (κ1) is 29.3. The number of ether oxygens (including phenoxy) is 1. The standard InChI is InChI=1S/C27H36ClN7O3S2/c1-16-23(32-40(37)26(2,3)4)27(15-38-16)9-11-35(12-10-27)25-30-24(29)22(19(14-36)34(25)6)39-20-8-7-18-17(21(20)28)13-33(5)31-18/h7-8,13,16,23,32H,9-12,15,29H2,1-6H3/t16-,23+,40?/m0/s1. The van der Waals surface area contributed by atoms with Gasteiger partial charge in [0, 0.05) is 60.4 Å². The number of rotatable bonds is 4. The SMILES string of the molecule is C[C@@H]1OCC2(CCN(C3=NC(N)=C(Sc4ccc5nn(C)cc5c4Cl)C(=C=O)N3C)CC2)[C@@H]1N[S+]([O-])C(C)(C)C. The highest BCUT2D eigenvalue weighted by Crippen LogP contribution is 2.45. The van der Waals surface area contributed by atoms with Gasteiger partial charge in [0.25, 0.3) is 0 Å². The minimum Gasteiger partial charge on any atom is -0.598 e. The Labute approximate surface area is 247 Å². The molecule has 0 aliphatic carbocycles. The number of benzene rings is 1. The molecule has 0 saturated carbocycles. The highest BCUT2D eigenvalue weighted by molar-refractivity contribution is 8.03. The molecular formula is C27H36ClN7O3S2. The molecule has 216 valence electrons. The Kier molecular flexibility index (Phi) is 7.99. The fourth-order valence-electron chi connectivity index (χ4n) is 5.55. The van der Waals surface area contributed by atoms with Crippen molar-refractivity contribution >= 4 is 57.5 Å². The van der Waals surface area contributed by atoms with Crippen molar-refractivity contribution in [3.63, 3.8) is 0 Å². The Bertz CT molecular complexity index is 1420. The molecule has 2 aromatic rings. The van der Waals surface area contributed by atoms with Gasteiger partial charge in [0.2, 0.25) is 5.96 Å². The number of aromatic nitrogens is 2. The molecule has 2 saturated heterocycles. The summed E-state index contributed by atoms with van der Waals surface area (Å²) in [6.45, 7) is 9.97. The predicted octanol–water partition coefficient (Wildman–Crippen LogP) is 3.38. The molecule has 10 nitrogen and oxygen atoms in total. The second kappa shape index (κ2) is 10.9. The molecular weight excluding hydrogens is 570 g/mol. The number of carbonyl (C=O) groups excluding carboxylic acids is 1. The number of hydrogen-bond acceptors (Lipinski definition) is 10. The van der Waals surface area contributed by atoms with Crippen molar-refractivity contribution in [3.8, 4) is 0 Å². The van der Waals surface area contributed by atoms with E-state index in [4.69, 9.17) is 27.1 Å². The Hall–Kier alpha value is -2.18. The summed E-state index contributed by atoms with van der Waals surface area (Å²) in [7, 11) is 3.65. The van der Waals surface area contributed by atoms with Gasteiger partial charge >= 0.3 is 0 Å². The number of likely N-dealkylation sites (N-methyl/N-ethyl adjacent to an activating group) is 1. The lowest BCUT2D eigenvalue weighted by Gasteiger charge is -2.45. The first-order chi connectivity index (χ1) is 18.8. The van der Waals surface area contributed by atoms with Crippen LogP contribution in [0, 0.1) is 5.41 Å². The number of piperidine rings is 1. The lowest BCUT2D eigenvalue weighted by atomic mass is 9.73. The van der Waals surface area contributed by atoms with Crippen molar-refractivity contribution < 1.29 is 14.1 Å². The number of aryl methyl sites for hydroxylation is 1. The summed E-state index contributed by atoms with van der Waals surface area (Å²) in [5.41, 5.74) is 7.44. The average molecular weight is 606 g/mol. The van der Waals surface area contributed by atoms with Crippen LogP contribution in [0.25, 0.3) is 10.9 Å². The maximum Gasteiger partial charge on any atom is 0.208 e. The van der Waals surface area contributed by atoms with E-state index in [9.17, 15) is 9.35 Å². The molecule has 0 bridgehead atoms. The quantitative estimate of drug-likeness (QED) is 0.399. The number of thioether (sulfide) groups is 1. The normalized spacial score (nSPS) is 24.2. The van der Waals surface area contributed by atoms with Crippen molar-refractivity contribution in [2.24, 2.45) is 23.2 Å². The number of halogens is 1. The van der Waals surface area contributed by atoms with Crippen LogP contribution < -0.4 is 10.5 Å². The Morgan fingerprint density at radius 2 is 2.00 bits per heavy atom. The van der Waals surface area contributed by atoms with Crippen molar-refractivity contribution in [1.82, 2.24) is 24.3 Å². The predicted molar refractivity (Wildman–Crippen MR) is 161 cm³/mol. The van der Waals surface area contributed by atoms with Gasteiger partial charge in [-0.25, -0.2) is 4.79 Å². The molecule has 1 aromatic heterocycles. The molecule has 3 aliphatic heterocycles. The lowest BCUT2D eigenvalue weighted by molar-refractivity contribution is 0.0820. The van der Waals surface area contributed by atoms with Gasteiger partial charge in [0.15, 0.2) is 5.94 Å². The van der Waals surface area contributed by atoms with Gasteiger partial charge in [-0.1, -0.05) is 23.4 Å². The van der Waals surface area contributed by atoms with Crippen molar-refractivity contribution in [2.45, 2.75) is 62.3 Å². The molecule has 3 N–H and O–H groups in total. The summed E-state index contributed by atoms with van der Waals surface area (Å²) in [6.07, 6.45) is 3.48. The molecule has 13 heteroatoms. The molecule has 2 fully saturated rings. The Morgan fingerprint density at radius 3 is 2.65 bits per heavy atom. The van der Waals surface area contributed by atoms with Crippen molar-refractivity contribution in [2.75, 3.05) is 26.7 Å². The lowest BCUT2D eigenvalue weighted by Crippen LogP contribution is -2.58. The third-order valence-corrected chi connectivity index (χ3v) is 11.2. The molecule has 40 heavy (non-hydrogen) atoms. The van der Waals surface area contributed by atoms with Crippen LogP contribution in [0.15, 0.2) is 44.6 Å². The average Bonchev–Trinajstić information content (AvgIpc) is 3.43. The summed E-state index contributed by atoms with van der Waals surface area (Å²) in [4.78, 5) is 22.1. The van der Waals surface area contributed by atoms with Crippen molar-refractivity contribution in [1.29, 1.82) is 0 Å². The van der Waals surface area contributed by atoms with Crippen LogP contribution in [0.2, 0.25) is 5.02 Å². The van der Waals surface area contributed by atoms with Crippen LogP contribution in [-0.4, -0.2) is 79.7 Å². The molecule has 5 rings (SSSR count). The van der Waals surface area contributed by atoms with Crippen LogP contribution in [0.4, 0.5) is 0 Å². The third-order valence-electron chi connectivity index (χ3n) is 7.91. The van der Waals surface area contributed by atoms with Crippen molar-refractivity contribution in [3.05, 3.63) is 39.8 Å². The van der Waals surface area contributed by atoms with E-state index in [0.29, 0.717) is 41.3 Å². The monoisotopic (exact) mass is 605 g/mol. The number of fused-ring (bicyclic) bond motifs is 1. The molecule has 3 atom stereocenters. The van der Waals surface area contributed by atoms with Gasteiger partial charge in [-0.15, -0.1) is 4.72 Å². The number of hydrogen-bond donors (Lipinski definition) is 2. The van der Waals surface area contributed by atoms with E-state index in [1.807, 2.05) is 53.1 Å². The summed E-state index contributed by atoms with van der Waals surface area (Å²) in [6, 6.07) is 3.75. The molecule has 1 spiro atoms. The van der Waals surface area contributed by atoms with E-state index in [0.717, 1.165) is 28.6 Å². The van der Waals surface area contributed by atoms with Gasteiger partial charge in [-0.05, 0) is 52.7 Å². The number of aliphatic imine (C=N–C) groups is 1. The summed E-state index contributed by atoms with van der Waals surface area (Å²) >= 11 is 6.80. The second-order valence-corrected chi connectivity index (χ2v) is 15.1. The topological polar surface area (TPSA) is 124 Å². The zero-order valence-electron chi connectivity index (χ0n) is 23.7. The highest BCUT2D eigenvalue weighted by atomic mass is 35.5. The van der Waals surface area contributed by atoms with E-state index < -0.39 is 11.4 Å². The molecule has 1 unspecified atom stereocenters.